The lowest BCUT2D eigenvalue weighted by Gasteiger charge is -1.96. The summed E-state index contributed by atoms with van der Waals surface area (Å²) in [5.41, 5.74) is 0. The summed E-state index contributed by atoms with van der Waals surface area (Å²) in [6.45, 7) is 0. The topological polar surface area (TPSA) is 35.0 Å². The van der Waals surface area contributed by atoms with Gasteiger partial charge in [0.25, 0.3) is 0 Å². The molecule has 1 aromatic heterocycles. The van der Waals surface area contributed by atoms with E-state index in [0.29, 0.717) is 5.88 Å². The van der Waals surface area contributed by atoms with Crippen molar-refractivity contribution in [1.82, 2.24) is 9.97 Å². The Kier molecular flexibility index (Phi) is 2.21. The maximum atomic E-state index is 4.86. The number of hydrogen-bond acceptors (Lipinski definition) is 3. The van der Waals surface area contributed by atoms with Crippen molar-refractivity contribution in [2.24, 2.45) is 0 Å². The van der Waals surface area contributed by atoms with Crippen LogP contribution in [0.2, 0.25) is 0 Å². The van der Waals surface area contributed by atoms with E-state index in [9.17, 15) is 0 Å². The van der Waals surface area contributed by atoms with Crippen molar-refractivity contribution in [3.05, 3.63) is 16.1 Å². The zero-order valence-electron chi connectivity index (χ0n) is 4.84. The van der Waals surface area contributed by atoms with Gasteiger partial charge in [-0.2, -0.15) is 0 Å². The van der Waals surface area contributed by atoms with E-state index >= 15 is 0 Å². The summed E-state index contributed by atoms with van der Waals surface area (Å²) in [6, 6.07) is 0. The molecule has 0 radical (unpaired) electrons. The van der Waals surface area contributed by atoms with Crippen LogP contribution in [0.1, 0.15) is 0 Å². The molecule has 1 rings (SSSR count). The SMILES string of the molecule is COc1nccnc1I. The fraction of sp³-hybridized carbons (Fsp3) is 0.200. The number of aromatic nitrogens is 2. The molecule has 0 amide bonds. The lowest BCUT2D eigenvalue weighted by atomic mass is 10.7. The lowest BCUT2D eigenvalue weighted by Crippen LogP contribution is -1.91. The van der Waals surface area contributed by atoms with Crippen LogP contribution in [0.5, 0.6) is 5.88 Å². The average Bonchev–Trinajstić information content (AvgIpc) is 1.89. The Labute approximate surface area is 66.6 Å². The number of halogens is 1. The summed E-state index contributed by atoms with van der Waals surface area (Å²) in [7, 11) is 1.58. The quantitative estimate of drug-likeness (QED) is 0.684. The Balaban J connectivity index is 3.01. The van der Waals surface area contributed by atoms with E-state index in [1.807, 2.05) is 0 Å². The van der Waals surface area contributed by atoms with Gasteiger partial charge in [0.2, 0.25) is 5.88 Å². The molecule has 9 heavy (non-hydrogen) atoms. The van der Waals surface area contributed by atoms with Crippen molar-refractivity contribution < 1.29 is 4.74 Å². The van der Waals surface area contributed by atoms with E-state index in [0.717, 1.165) is 3.70 Å². The number of nitrogens with zero attached hydrogens (tertiary/aromatic N) is 2. The van der Waals surface area contributed by atoms with E-state index in [1.165, 1.54) is 0 Å². The van der Waals surface area contributed by atoms with Crippen molar-refractivity contribution in [3.8, 4) is 5.88 Å². The standard InChI is InChI=1S/C5H5IN2O/c1-9-5-4(6)7-2-3-8-5/h2-3H,1H3. The van der Waals surface area contributed by atoms with Gasteiger partial charge in [-0.25, -0.2) is 9.97 Å². The highest BCUT2D eigenvalue weighted by Crippen LogP contribution is 2.11. The molecule has 1 aromatic rings. The fourth-order valence-electron chi connectivity index (χ4n) is 0.445. The highest BCUT2D eigenvalue weighted by atomic mass is 127. The van der Waals surface area contributed by atoms with Crippen LogP contribution in [-0.2, 0) is 0 Å². The first-order chi connectivity index (χ1) is 4.34. The highest BCUT2D eigenvalue weighted by molar-refractivity contribution is 14.1. The van der Waals surface area contributed by atoms with Gasteiger partial charge < -0.3 is 4.74 Å². The van der Waals surface area contributed by atoms with Crippen LogP contribution < -0.4 is 4.74 Å². The number of methoxy groups -OCH3 is 1. The maximum Gasteiger partial charge on any atom is 0.246 e. The van der Waals surface area contributed by atoms with Gasteiger partial charge in [-0.1, -0.05) is 0 Å². The van der Waals surface area contributed by atoms with Crippen LogP contribution in [-0.4, -0.2) is 17.1 Å². The predicted molar refractivity (Wildman–Crippen MR) is 41.3 cm³/mol. The van der Waals surface area contributed by atoms with Gasteiger partial charge in [0, 0.05) is 12.4 Å². The number of hydrogen-bond donors (Lipinski definition) is 0. The Morgan fingerprint density at radius 2 is 2.11 bits per heavy atom. The number of rotatable bonds is 1. The van der Waals surface area contributed by atoms with E-state index < -0.39 is 0 Å². The van der Waals surface area contributed by atoms with Gasteiger partial charge in [0.15, 0.2) is 3.70 Å². The van der Waals surface area contributed by atoms with Gasteiger partial charge in [-0.15, -0.1) is 0 Å². The van der Waals surface area contributed by atoms with Crippen molar-refractivity contribution in [1.29, 1.82) is 0 Å². The first kappa shape index (κ1) is 6.73. The summed E-state index contributed by atoms with van der Waals surface area (Å²) >= 11 is 2.06. The van der Waals surface area contributed by atoms with Crippen LogP contribution in [0.3, 0.4) is 0 Å². The molecule has 4 heteroatoms. The summed E-state index contributed by atoms with van der Waals surface area (Å²) in [5.74, 6) is 0.582. The Morgan fingerprint density at radius 3 is 2.56 bits per heavy atom. The second kappa shape index (κ2) is 2.95. The van der Waals surface area contributed by atoms with Crippen LogP contribution in [0, 0.1) is 3.70 Å². The molecular formula is C5H5IN2O. The second-order valence-corrected chi connectivity index (χ2v) is 2.38. The van der Waals surface area contributed by atoms with Crippen LogP contribution >= 0.6 is 22.6 Å². The molecule has 0 N–H and O–H groups in total. The molecule has 0 saturated heterocycles. The first-order valence-electron chi connectivity index (χ1n) is 2.35. The molecule has 0 aliphatic carbocycles. The predicted octanol–water partition coefficient (Wildman–Crippen LogP) is 1.09. The maximum absolute atomic E-state index is 4.86. The summed E-state index contributed by atoms with van der Waals surface area (Å²) < 4.78 is 5.65. The Hall–Kier alpha value is -0.390. The Bertz CT molecular complexity index is 204. The normalized spacial score (nSPS) is 9.11. The summed E-state index contributed by atoms with van der Waals surface area (Å²) in [6.07, 6.45) is 3.23. The van der Waals surface area contributed by atoms with Crippen LogP contribution in [0.25, 0.3) is 0 Å². The van der Waals surface area contributed by atoms with Gasteiger partial charge in [0.1, 0.15) is 0 Å². The van der Waals surface area contributed by atoms with Crippen LogP contribution in [0.4, 0.5) is 0 Å². The highest BCUT2D eigenvalue weighted by Gasteiger charge is 1.96. The molecule has 48 valence electrons. The van der Waals surface area contributed by atoms with Crippen molar-refractivity contribution in [2.45, 2.75) is 0 Å². The summed E-state index contributed by atoms with van der Waals surface area (Å²) in [5, 5.41) is 0. The molecule has 0 spiro atoms. The molecule has 0 aliphatic heterocycles. The van der Waals surface area contributed by atoms with Crippen molar-refractivity contribution in [3.63, 3.8) is 0 Å². The minimum absolute atomic E-state index is 0.582. The third-order valence-corrected chi connectivity index (χ3v) is 1.56. The van der Waals surface area contributed by atoms with Gasteiger partial charge in [0.05, 0.1) is 7.11 Å². The second-order valence-electron chi connectivity index (χ2n) is 1.36. The largest absolute Gasteiger partial charge is 0.479 e. The number of ether oxygens (including phenoxy) is 1. The van der Waals surface area contributed by atoms with Gasteiger partial charge in [-0.3, -0.25) is 0 Å². The van der Waals surface area contributed by atoms with Gasteiger partial charge in [-0.05, 0) is 22.6 Å². The van der Waals surface area contributed by atoms with Crippen molar-refractivity contribution >= 4 is 22.6 Å². The van der Waals surface area contributed by atoms with E-state index in [1.54, 1.807) is 19.5 Å². The lowest BCUT2D eigenvalue weighted by molar-refractivity contribution is 0.392. The third kappa shape index (κ3) is 1.51. The Morgan fingerprint density at radius 1 is 1.44 bits per heavy atom. The molecule has 0 bridgehead atoms. The molecule has 0 unspecified atom stereocenters. The van der Waals surface area contributed by atoms with E-state index in [4.69, 9.17) is 4.74 Å². The first-order valence-corrected chi connectivity index (χ1v) is 3.43. The molecular weight excluding hydrogens is 231 g/mol. The van der Waals surface area contributed by atoms with Gasteiger partial charge >= 0.3 is 0 Å². The molecule has 3 nitrogen and oxygen atoms in total. The minimum Gasteiger partial charge on any atom is -0.479 e. The third-order valence-electron chi connectivity index (χ3n) is 0.816. The average molecular weight is 236 g/mol. The van der Waals surface area contributed by atoms with Crippen LogP contribution in [0.15, 0.2) is 12.4 Å². The molecule has 1 heterocycles. The zero-order chi connectivity index (χ0) is 6.69. The summed E-state index contributed by atoms with van der Waals surface area (Å²) in [4.78, 5) is 7.85. The zero-order valence-corrected chi connectivity index (χ0v) is 6.99. The molecule has 0 aromatic carbocycles. The van der Waals surface area contributed by atoms with Crippen molar-refractivity contribution in [2.75, 3.05) is 7.11 Å². The molecule has 0 fully saturated rings. The monoisotopic (exact) mass is 236 g/mol. The fourth-order valence-corrected chi connectivity index (χ4v) is 0.965. The molecule has 0 atom stereocenters. The molecule has 0 aliphatic rings. The smallest absolute Gasteiger partial charge is 0.246 e. The van der Waals surface area contributed by atoms with E-state index in [-0.39, 0.29) is 0 Å². The molecule has 0 saturated carbocycles. The van der Waals surface area contributed by atoms with E-state index in [2.05, 4.69) is 32.6 Å². The minimum atomic E-state index is 0.582.